The Morgan fingerprint density at radius 3 is 2.69 bits per heavy atom. The van der Waals surface area contributed by atoms with Crippen LogP contribution in [-0.2, 0) is 0 Å². The summed E-state index contributed by atoms with van der Waals surface area (Å²) in [7, 11) is 0. The van der Waals surface area contributed by atoms with E-state index in [1.165, 1.54) is 12.1 Å². The van der Waals surface area contributed by atoms with E-state index in [0.717, 1.165) is 6.07 Å². The van der Waals surface area contributed by atoms with Crippen LogP contribution in [0, 0.1) is 5.82 Å². The molecule has 1 aromatic carbocycles. The molecule has 0 aliphatic rings. The summed E-state index contributed by atoms with van der Waals surface area (Å²) in [6, 6.07) is 2.44. The first kappa shape index (κ1) is 9.74. The van der Waals surface area contributed by atoms with Crippen LogP contribution < -0.4 is 0 Å². The summed E-state index contributed by atoms with van der Waals surface area (Å²) in [6.45, 7) is 3.34. The lowest BCUT2D eigenvalue weighted by Gasteiger charge is -2.02. The fourth-order valence-electron chi connectivity index (χ4n) is 0.922. The summed E-state index contributed by atoms with van der Waals surface area (Å²) in [5.74, 6) is -2.17. The van der Waals surface area contributed by atoms with Crippen LogP contribution in [0.1, 0.15) is 15.9 Å². The highest BCUT2D eigenvalue weighted by Gasteiger charge is 2.14. The first-order valence-corrected chi connectivity index (χ1v) is 3.79. The molecule has 0 fully saturated rings. The molecule has 0 saturated heterocycles. The molecule has 1 rings (SSSR count). The second-order valence-electron chi connectivity index (χ2n) is 2.33. The van der Waals surface area contributed by atoms with Crippen LogP contribution in [0.2, 0.25) is 5.02 Å². The normalized spacial score (nSPS) is 9.69. The molecule has 0 unspecified atom stereocenters. The highest BCUT2D eigenvalue weighted by molar-refractivity contribution is 6.32. The van der Waals surface area contributed by atoms with Gasteiger partial charge < -0.3 is 5.11 Å². The first-order chi connectivity index (χ1) is 6.07. The van der Waals surface area contributed by atoms with Crippen molar-refractivity contribution in [3.05, 3.63) is 40.7 Å². The van der Waals surface area contributed by atoms with Crippen molar-refractivity contribution < 1.29 is 14.3 Å². The second kappa shape index (κ2) is 3.58. The average Bonchev–Trinajstić information content (AvgIpc) is 2.04. The zero-order valence-electron chi connectivity index (χ0n) is 6.55. The van der Waals surface area contributed by atoms with Crippen LogP contribution in [-0.4, -0.2) is 11.1 Å². The van der Waals surface area contributed by atoms with Crippen LogP contribution in [0.25, 0.3) is 6.08 Å². The number of carboxylic acids is 1. The van der Waals surface area contributed by atoms with Crippen LogP contribution in [0.4, 0.5) is 4.39 Å². The standard InChI is InChI=1S/C9H6ClFO2/c1-2-5-7(10)4-3-6(8(5)11)9(12)13/h2-4H,1H2,(H,12,13). The maximum absolute atomic E-state index is 13.2. The van der Waals surface area contributed by atoms with E-state index < -0.39 is 17.3 Å². The molecule has 1 aromatic rings. The van der Waals surface area contributed by atoms with Crippen molar-refractivity contribution in [3.8, 4) is 0 Å². The Kier molecular flexibility index (Phi) is 2.68. The van der Waals surface area contributed by atoms with Crippen molar-refractivity contribution in [1.29, 1.82) is 0 Å². The van der Waals surface area contributed by atoms with Crippen LogP contribution in [0.15, 0.2) is 18.7 Å². The Labute approximate surface area is 79.3 Å². The van der Waals surface area contributed by atoms with E-state index in [2.05, 4.69) is 6.58 Å². The Morgan fingerprint density at radius 2 is 2.23 bits per heavy atom. The number of rotatable bonds is 2. The van der Waals surface area contributed by atoms with E-state index in [-0.39, 0.29) is 10.6 Å². The number of benzene rings is 1. The van der Waals surface area contributed by atoms with Crippen molar-refractivity contribution in [2.45, 2.75) is 0 Å². The number of halogens is 2. The van der Waals surface area contributed by atoms with Crippen molar-refractivity contribution in [3.63, 3.8) is 0 Å². The predicted molar refractivity (Wildman–Crippen MR) is 48.5 cm³/mol. The van der Waals surface area contributed by atoms with Crippen LogP contribution in [0.5, 0.6) is 0 Å². The van der Waals surface area contributed by atoms with E-state index in [9.17, 15) is 9.18 Å². The highest BCUT2D eigenvalue weighted by atomic mass is 35.5. The summed E-state index contributed by atoms with van der Waals surface area (Å²) in [6.07, 6.45) is 1.18. The molecule has 0 saturated carbocycles. The topological polar surface area (TPSA) is 37.3 Å². The third kappa shape index (κ3) is 1.70. The van der Waals surface area contributed by atoms with Gasteiger partial charge in [0.15, 0.2) is 0 Å². The van der Waals surface area contributed by atoms with Gasteiger partial charge in [0, 0.05) is 5.56 Å². The smallest absolute Gasteiger partial charge is 0.338 e. The number of hydrogen-bond donors (Lipinski definition) is 1. The second-order valence-corrected chi connectivity index (χ2v) is 2.74. The third-order valence-corrected chi connectivity index (χ3v) is 1.89. The molecule has 0 radical (unpaired) electrons. The summed E-state index contributed by atoms with van der Waals surface area (Å²) in [4.78, 5) is 10.5. The summed E-state index contributed by atoms with van der Waals surface area (Å²) >= 11 is 5.60. The lowest BCUT2D eigenvalue weighted by molar-refractivity contribution is 0.0692. The number of hydrogen-bond acceptors (Lipinski definition) is 1. The minimum Gasteiger partial charge on any atom is -0.478 e. The van der Waals surface area contributed by atoms with Gasteiger partial charge in [-0.05, 0) is 12.1 Å². The maximum atomic E-state index is 13.2. The Bertz CT molecular complexity index is 374. The molecular formula is C9H6ClFO2. The zero-order valence-corrected chi connectivity index (χ0v) is 7.31. The molecule has 68 valence electrons. The molecule has 0 aromatic heterocycles. The van der Waals surface area contributed by atoms with Gasteiger partial charge >= 0.3 is 5.97 Å². The van der Waals surface area contributed by atoms with Gasteiger partial charge in [-0.1, -0.05) is 24.3 Å². The van der Waals surface area contributed by atoms with E-state index >= 15 is 0 Å². The number of aromatic carboxylic acids is 1. The van der Waals surface area contributed by atoms with Crippen molar-refractivity contribution in [2.24, 2.45) is 0 Å². The summed E-state index contributed by atoms with van der Waals surface area (Å²) < 4.78 is 13.2. The first-order valence-electron chi connectivity index (χ1n) is 3.41. The minimum absolute atomic E-state index is 0.0153. The van der Waals surface area contributed by atoms with Gasteiger partial charge in [-0.2, -0.15) is 0 Å². The van der Waals surface area contributed by atoms with Gasteiger partial charge in [-0.25, -0.2) is 9.18 Å². The summed E-state index contributed by atoms with van der Waals surface area (Å²) in [5.41, 5.74) is -0.388. The molecule has 1 N–H and O–H groups in total. The van der Waals surface area contributed by atoms with Gasteiger partial charge in [-0.15, -0.1) is 0 Å². The molecule has 0 heterocycles. The van der Waals surface area contributed by atoms with Gasteiger partial charge in [0.25, 0.3) is 0 Å². The Hall–Kier alpha value is -1.35. The molecule has 0 aliphatic heterocycles. The molecule has 4 heteroatoms. The van der Waals surface area contributed by atoms with Gasteiger partial charge in [0.2, 0.25) is 0 Å². The fraction of sp³-hybridized carbons (Fsp3) is 0. The fourth-order valence-corrected chi connectivity index (χ4v) is 1.14. The van der Waals surface area contributed by atoms with E-state index in [4.69, 9.17) is 16.7 Å². The zero-order chi connectivity index (χ0) is 10.0. The molecule has 0 bridgehead atoms. The van der Waals surface area contributed by atoms with Gasteiger partial charge in [0.1, 0.15) is 5.82 Å². The van der Waals surface area contributed by atoms with E-state index in [1.807, 2.05) is 0 Å². The highest BCUT2D eigenvalue weighted by Crippen LogP contribution is 2.23. The molecular weight excluding hydrogens is 195 g/mol. The van der Waals surface area contributed by atoms with Crippen molar-refractivity contribution in [1.82, 2.24) is 0 Å². The predicted octanol–water partition coefficient (Wildman–Crippen LogP) is 2.82. The van der Waals surface area contributed by atoms with Gasteiger partial charge in [-0.3, -0.25) is 0 Å². The van der Waals surface area contributed by atoms with Crippen LogP contribution in [0.3, 0.4) is 0 Å². The maximum Gasteiger partial charge on any atom is 0.338 e. The number of carboxylic acid groups (broad SMARTS) is 1. The Morgan fingerprint density at radius 1 is 1.62 bits per heavy atom. The lowest BCUT2D eigenvalue weighted by Crippen LogP contribution is -2.02. The average molecular weight is 201 g/mol. The number of carbonyl (C=O) groups is 1. The molecule has 13 heavy (non-hydrogen) atoms. The molecule has 2 nitrogen and oxygen atoms in total. The van der Waals surface area contributed by atoms with Crippen molar-refractivity contribution >= 4 is 23.6 Å². The summed E-state index contributed by atoms with van der Waals surface area (Å²) in [5, 5.41) is 8.71. The Balaban J connectivity index is 3.44. The minimum atomic E-state index is -1.32. The molecule has 0 amide bonds. The van der Waals surface area contributed by atoms with E-state index in [1.54, 1.807) is 0 Å². The molecule has 0 atom stereocenters. The quantitative estimate of drug-likeness (QED) is 0.797. The monoisotopic (exact) mass is 200 g/mol. The van der Waals surface area contributed by atoms with Crippen LogP contribution >= 0.6 is 11.6 Å². The van der Waals surface area contributed by atoms with E-state index in [0.29, 0.717) is 0 Å². The largest absolute Gasteiger partial charge is 0.478 e. The van der Waals surface area contributed by atoms with Gasteiger partial charge in [0.05, 0.1) is 10.6 Å². The van der Waals surface area contributed by atoms with Crippen molar-refractivity contribution in [2.75, 3.05) is 0 Å². The molecule has 0 aliphatic carbocycles. The SMILES string of the molecule is C=Cc1c(Cl)ccc(C(=O)O)c1F. The lowest BCUT2D eigenvalue weighted by atomic mass is 10.1. The molecule has 0 spiro atoms. The third-order valence-electron chi connectivity index (χ3n) is 1.56.